The molecule has 4 heteroatoms. The van der Waals surface area contributed by atoms with E-state index in [1.807, 2.05) is 25.1 Å². The molecule has 2 N–H and O–H groups in total. The Morgan fingerprint density at radius 3 is 2.44 bits per heavy atom. The van der Waals surface area contributed by atoms with Crippen LogP contribution >= 0.6 is 11.6 Å². The van der Waals surface area contributed by atoms with Crippen molar-refractivity contribution in [2.24, 2.45) is 0 Å². The highest BCUT2D eigenvalue weighted by Crippen LogP contribution is 2.32. The van der Waals surface area contributed by atoms with Crippen LogP contribution in [-0.2, 0) is 0 Å². The van der Waals surface area contributed by atoms with Gasteiger partial charge in [-0.15, -0.1) is 0 Å². The first-order valence-electron chi connectivity index (χ1n) is 6.34. The van der Waals surface area contributed by atoms with Crippen LogP contribution in [0, 0.1) is 0 Å². The van der Waals surface area contributed by atoms with Crippen molar-refractivity contribution in [1.82, 2.24) is 0 Å². The third-order valence-corrected chi connectivity index (χ3v) is 3.94. The molecule has 1 fully saturated rings. The predicted octanol–water partition coefficient (Wildman–Crippen LogP) is 2.74. The van der Waals surface area contributed by atoms with Gasteiger partial charge in [-0.25, -0.2) is 0 Å². The van der Waals surface area contributed by atoms with E-state index in [-0.39, 0.29) is 0 Å². The fourth-order valence-electron chi connectivity index (χ4n) is 2.27. The molecule has 1 saturated heterocycles. The van der Waals surface area contributed by atoms with Gasteiger partial charge in [-0.2, -0.15) is 0 Å². The molecule has 2 rings (SSSR count). The van der Waals surface area contributed by atoms with Crippen molar-refractivity contribution >= 4 is 17.3 Å². The molecule has 0 radical (unpaired) electrons. The molecule has 0 aliphatic carbocycles. The van der Waals surface area contributed by atoms with Crippen LogP contribution in [0.15, 0.2) is 18.2 Å². The minimum atomic E-state index is -0.553. The Hall–Kier alpha value is -0.770. The maximum atomic E-state index is 9.93. The lowest BCUT2D eigenvalue weighted by Crippen LogP contribution is -2.42. The third-order valence-electron chi connectivity index (χ3n) is 3.64. The largest absolute Gasteiger partial charge is 0.390 e. The molecule has 3 nitrogen and oxygen atoms in total. The Bertz CT molecular complexity index is 422. The minimum absolute atomic E-state index is 0.501. The molecule has 1 aromatic rings. The third kappa shape index (κ3) is 2.97. The molecule has 1 aliphatic rings. The van der Waals surface area contributed by atoms with Gasteiger partial charge >= 0.3 is 0 Å². The number of anilines is 1. The van der Waals surface area contributed by atoms with E-state index in [0.717, 1.165) is 37.2 Å². The van der Waals surface area contributed by atoms with E-state index in [2.05, 4.69) is 4.90 Å². The van der Waals surface area contributed by atoms with Gasteiger partial charge in [-0.05, 0) is 44.4 Å². The Morgan fingerprint density at radius 1 is 1.33 bits per heavy atom. The van der Waals surface area contributed by atoms with Crippen LogP contribution in [0.4, 0.5) is 5.69 Å². The van der Waals surface area contributed by atoms with E-state index in [4.69, 9.17) is 11.6 Å². The van der Waals surface area contributed by atoms with Crippen LogP contribution in [-0.4, -0.2) is 28.9 Å². The van der Waals surface area contributed by atoms with Crippen molar-refractivity contribution in [2.45, 2.75) is 38.4 Å². The highest BCUT2D eigenvalue weighted by molar-refractivity contribution is 6.33. The van der Waals surface area contributed by atoms with E-state index in [9.17, 15) is 10.2 Å². The van der Waals surface area contributed by atoms with Gasteiger partial charge in [0.05, 0.1) is 22.4 Å². The van der Waals surface area contributed by atoms with Crippen LogP contribution in [0.5, 0.6) is 0 Å². The first-order valence-corrected chi connectivity index (χ1v) is 6.72. The first kappa shape index (κ1) is 13.7. The number of hydrogen-bond donors (Lipinski definition) is 2. The van der Waals surface area contributed by atoms with Crippen LogP contribution in [0.25, 0.3) is 0 Å². The van der Waals surface area contributed by atoms with Crippen molar-refractivity contribution < 1.29 is 10.2 Å². The summed E-state index contributed by atoms with van der Waals surface area (Å²) in [5.41, 5.74) is 1.26. The maximum absolute atomic E-state index is 9.93. The Kier molecular flexibility index (Phi) is 3.85. The normalized spacial score (nSPS) is 20.8. The number of piperidine rings is 1. The summed E-state index contributed by atoms with van der Waals surface area (Å²) in [6, 6.07) is 5.66. The lowest BCUT2D eigenvalue weighted by molar-refractivity contribution is 0.0351. The van der Waals surface area contributed by atoms with E-state index >= 15 is 0 Å². The maximum Gasteiger partial charge on any atom is 0.0762 e. The smallest absolute Gasteiger partial charge is 0.0762 e. The molecular formula is C14H20ClNO2. The molecule has 0 amide bonds. The number of aliphatic hydroxyl groups is 2. The molecule has 18 heavy (non-hydrogen) atoms. The van der Waals surface area contributed by atoms with Gasteiger partial charge in [0.15, 0.2) is 0 Å². The van der Waals surface area contributed by atoms with Crippen molar-refractivity contribution in [3.8, 4) is 0 Å². The van der Waals surface area contributed by atoms with Gasteiger partial charge in [-0.3, -0.25) is 0 Å². The zero-order valence-corrected chi connectivity index (χ0v) is 11.6. The Balaban J connectivity index is 2.15. The highest BCUT2D eigenvalue weighted by Gasteiger charge is 2.28. The summed E-state index contributed by atoms with van der Waals surface area (Å²) in [6.07, 6.45) is 1.00. The van der Waals surface area contributed by atoms with Crippen LogP contribution in [0.2, 0.25) is 5.02 Å². The summed E-state index contributed by atoms with van der Waals surface area (Å²) in [4.78, 5) is 2.19. The molecule has 1 heterocycles. The number of benzene rings is 1. The van der Waals surface area contributed by atoms with Crippen LogP contribution in [0.3, 0.4) is 0 Å². The average molecular weight is 270 g/mol. The summed E-state index contributed by atoms with van der Waals surface area (Å²) >= 11 is 6.26. The molecule has 0 spiro atoms. The van der Waals surface area contributed by atoms with E-state index in [0.29, 0.717) is 5.02 Å². The van der Waals surface area contributed by atoms with Gasteiger partial charge in [0.25, 0.3) is 0 Å². The molecule has 0 bridgehead atoms. The number of nitrogens with zero attached hydrogens (tertiary/aromatic N) is 1. The van der Waals surface area contributed by atoms with E-state index in [1.165, 1.54) is 0 Å². The average Bonchev–Trinajstić information content (AvgIpc) is 2.29. The highest BCUT2D eigenvalue weighted by atomic mass is 35.5. The Morgan fingerprint density at radius 2 is 1.94 bits per heavy atom. The molecule has 0 aromatic heterocycles. The number of hydrogen-bond acceptors (Lipinski definition) is 3. The van der Waals surface area contributed by atoms with Gasteiger partial charge in [-0.1, -0.05) is 17.7 Å². The van der Waals surface area contributed by atoms with E-state index in [1.54, 1.807) is 6.92 Å². The molecule has 1 atom stereocenters. The summed E-state index contributed by atoms with van der Waals surface area (Å²) in [7, 11) is 0. The van der Waals surface area contributed by atoms with Gasteiger partial charge < -0.3 is 15.1 Å². The van der Waals surface area contributed by atoms with Crippen LogP contribution < -0.4 is 4.90 Å². The molecular weight excluding hydrogens is 250 g/mol. The summed E-state index contributed by atoms with van der Waals surface area (Å²) in [5.74, 6) is 0. The topological polar surface area (TPSA) is 43.7 Å². The second-order valence-corrected chi connectivity index (χ2v) is 5.78. The number of rotatable bonds is 2. The summed E-state index contributed by atoms with van der Waals surface area (Å²) in [6.45, 7) is 5.22. The molecule has 1 aromatic carbocycles. The number of aliphatic hydroxyl groups excluding tert-OH is 1. The monoisotopic (exact) mass is 269 g/mol. The predicted molar refractivity (Wildman–Crippen MR) is 74.2 cm³/mol. The Labute approximate surface area is 113 Å². The molecule has 100 valence electrons. The fourth-order valence-corrected chi connectivity index (χ4v) is 2.58. The van der Waals surface area contributed by atoms with Gasteiger partial charge in [0.1, 0.15) is 0 Å². The lowest BCUT2D eigenvalue weighted by Gasteiger charge is -2.37. The fraction of sp³-hybridized carbons (Fsp3) is 0.571. The zero-order chi connectivity index (χ0) is 13.3. The summed E-state index contributed by atoms with van der Waals surface area (Å²) in [5, 5.41) is 20.1. The van der Waals surface area contributed by atoms with Crippen molar-refractivity contribution in [1.29, 1.82) is 0 Å². The summed E-state index contributed by atoms with van der Waals surface area (Å²) < 4.78 is 0. The number of halogens is 1. The molecule has 0 unspecified atom stereocenters. The first-order chi connectivity index (χ1) is 8.39. The zero-order valence-electron chi connectivity index (χ0n) is 10.9. The quantitative estimate of drug-likeness (QED) is 0.868. The van der Waals surface area contributed by atoms with Gasteiger partial charge in [0, 0.05) is 13.1 Å². The van der Waals surface area contributed by atoms with Crippen molar-refractivity contribution in [3.05, 3.63) is 28.8 Å². The minimum Gasteiger partial charge on any atom is -0.390 e. The van der Waals surface area contributed by atoms with Crippen molar-refractivity contribution in [3.63, 3.8) is 0 Å². The standard InChI is InChI=1S/C14H20ClNO2/c1-10(17)11-3-4-13(12(15)9-11)16-7-5-14(2,18)6-8-16/h3-4,9-10,17-18H,5-8H2,1-2H3/t10-/m1/s1. The molecule has 0 saturated carbocycles. The SMILES string of the molecule is C[C@@H](O)c1ccc(N2CCC(C)(O)CC2)c(Cl)c1. The van der Waals surface area contributed by atoms with Gasteiger partial charge in [0.2, 0.25) is 0 Å². The second-order valence-electron chi connectivity index (χ2n) is 5.37. The van der Waals surface area contributed by atoms with E-state index < -0.39 is 11.7 Å². The van der Waals surface area contributed by atoms with Crippen molar-refractivity contribution in [2.75, 3.05) is 18.0 Å². The molecule has 1 aliphatic heterocycles. The van der Waals surface area contributed by atoms with Crippen LogP contribution in [0.1, 0.15) is 38.4 Å². The second kappa shape index (κ2) is 5.08. The lowest BCUT2D eigenvalue weighted by atomic mass is 9.93.